The Morgan fingerprint density at radius 3 is 2.47 bits per heavy atom. The number of aromatic amines is 1. The number of hydrogen-bond acceptors (Lipinski definition) is 7. The summed E-state index contributed by atoms with van der Waals surface area (Å²) in [6, 6.07) is 12.6. The number of fused-ring (bicyclic) bond motifs is 1. The highest BCUT2D eigenvalue weighted by Gasteiger charge is 2.33. The van der Waals surface area contributed by atoms with E-state index in [2.05, 4.69) is 20.6 Å². The Balaban J connectivity index is 1.35. The lowest BCUT2D eigenvalue weighted by atomic mass is 10.0. The molecule has 1 saturated heterocycles. The van der Waals surface area contributed by atoms with Crippen molar-refractivity contribution in [2.45, 2.75) is 33.2 Å². The number of aryl methyl sites for hydroxylation is 1. The molecule has 0 bridgehead atoms. The predicted octanol–water partition coefficient (Wildman–Crippen LogP) is 3.75. The summed E-state index contributed by atoms with van der Waals surface area (Å²) in [6.45, 7) is 9.30. The fourth-order valence-corrected chi connectivity index (χ4v) is 4.63. The standard InChI is InChI=1S/C26H31N9O3/c1-17-16-21(30-29-17)27-22-20-10-7-11-34(20)31-24(28-22)33-14-12-32(13-15-33)23(36)18-8-5-6-9-19(18)35(25(37)38)26(2,3)4/h5-11,16H,12-15H2,1-4H3,(H,37,38)(H2,27,28,29,30,31). The average Bonchev–Trinajstić information content (AvgIpc) is 3.52. The lowest BCUT2D eigenvalue weighted by Crippen LogP contribution is -2.50. The van der Waals surface area contributed by atoms with Crippen LogP contribution in [-0.2, 0) is 0 Å². The zero-order valence-electron chi connectivity index (χ0n) is 21.8. The van der Waals surface area contributed by atoms with Gasteiger partial charge in [-0.05, 0) is 52.0 Å². The van der Waals surface area contributed by atoms with Crippen molar-refractivity contribution in [3.05, 3.63) is 59.9 Å². The molecule has 0 unspecified atom stereocenters. The molecule has 0 atom stereocenters. The smallest absolute Gasteiger partial charge is 0.412 e. The molecule has 3 N–H and O–H groups in total. The molecule has 0 saturated carbocycles. The Bertz CT molecular complexity index is 1480. The number of amides is 2. The molecule has 198 valence electrons. The first-order chi connectivity index (χ1) is 18.1. The van der Waals surface area contributed by atoms with Crippen LogP contribution >= 0.6 is 0 Å². The number of aromatic nitrogens is 5. The molecule has 1 aliphatic rings. The van der Waals surface area contributed by atoms with Crippen LogP contribution in [0.1, 0.15) is 36.8 Å². The van der Waals surface area contributed by atoms with Gasteiger partial charge in [0.1, 0.15) is 5.52 Å². The van der Waals surface area contributed by atoms with Gasteiger partial charge in [-0.3, -0.25) is 14.8 Å². The summed E-state index contributed by atoms with van der Waals surface area (Å²) in [5.41, 5.74) is 1.79. The van der Waals surface area contributed by atoms with Crippen LogP contribution in [0.2, 0.25) is 0 Å². The van der Waals surface area contributed by atoms with Gasteiger partial charge >= 0.3 is 6.09 Å². The van der Waals surface area contributed by atoms with Crippen LogP contribution in [0.3, 0.4) is 0 Å². The number of piperazine rings is 1. The van der Waals surface area contributed by atoms with E-state index < -0.39 is 11.6 Å². The van der Waals surface area contributed by atoms with Crippen LogP contribution in [0, 0.1) is 6.92 Å². The minimum Gasteiger partial charge on any atom is -0.465 e. The number of anilines is 4. The maximum atomic E-state index is 13.5. The van der Waals surface area contributed by atoms with Crippen molar-refractivity contribution in [1.82, 2.24) is 29.7 Å². The third kappa shape index (κ3) is 4.84. The van der Waals surface area contributed by atoms with Crippen LogP contribution in [0.5, 0.6) is 0 Å². The molecule has 4 aromatic rings. The second-order valence-corrected chi connectivity index (χ2v) is 10.2. The maximum absolute atomic E-state index is 13.5. The molecule has 2 amide bonds. The van der Waals surface area contributed by atoms with Crippen molar-refractivity contribution in [3.63, 3.8) is 0 Å². The SMILES string of the molecule is Cc1cc(Nc2nc(N3CCN(C(=O)c4ccccc4N(C(=O)O)C(C)(C)C)CC3)nn3cccc23)n[nH]1. The van der Waals surface area contributed by atoms with E-state index in [1.807, 2.05) is 36.2 Å². The molecule has 0 aliphatic carbocycles. The quantitative estimate of drug-likeness (QED) is 0.364. The van der Waals surface area contributed by atoms with E-state index in [9.17, 15) is 14.7 Å². The molecule has 1 aromatic carbocycles. The van der Waals surface area contributed by atoms with Gasteiger partial charge in [0.2, 0.25) is 5.95 Å². The van der Waals surface area contributed by atoms with Crippen LogP contribution in [0.25, 0.3) is 5.52 Å². The first kappa shape index (κ1) is 25.1. The highest BCUT2D eigenvalue weighted by atomic mass is 16.4. The molecular formula is C26H31N9O3. The summed E-state index contributed by atoms with van der Waals surface area (Å²) in [7, 11) is 0. The summed E-state index contributed by atoms with van der Waals surface area (Å²) in [4.78, 5) is 35.4. The van der Waals surface area contributed by atoms with Crippen molar-refractivity contribution in [1.29, 1.82) is 0 Å². The molecule has 1 fully saturated rings. The van der Waals surface area contributed by atoms with E-state index in [4.69, 9.17) is 4.98 Å². The van der Waals surface area contributed by atoms with Gasteiger partial charge in [-0.25, -0.2) is 9.31 Å². The Morgan fingerprint density at radius 1 is 1.08 bits per heavy atom. The number of rotatable bonds is 5. The molecule has 5 rings (SSSR count). The zero-order valence-corrected chi connectivity index (χ0v) is 21.8. The molecule has 0 radical (unpaired) electrons. The fraction of sp³-hybridized carbons (Fsp3) is 0.346. The Hall–Kier alpha value is -4.61. The number of nitrogens with zero attached hydrogens (tertiary/aromatic N) is 7. The molecule has 12 nitrogen and oxygen atoms in total. The largest absolute Gasteiger partial charge is 0.465 e. The van der Waals surface area contributed by atoms with E-state index in [0.29, 0.717) is 55.0 Å². The normalized spacial score (nSPS) is 14.1. The molecule has 38 heavy (non-hydrogen) atoms. The minimum absolute atomic E-state index is 0.200. The van der Waals surface area contributed by atoms with Crippen molar-refractivity contribution in [3.8, 4) is 0 Å². The number of hydrogen-bond donors (Lipinski definition) is 3. The Morgan fingerprint density at radius 2 is 1.82 bits per heavy atom. The Kier molecular flexibility index (Phi) is 6.39. The van der Waals surface area contributed by atoms with Crippen LogP contribution in [0.15, 0.2) is 48.7 Å². The first-order valence-corrected chi connectivity index (χ1v) is 12.4. The highest BCUT2D eigenvalue weighted by Crippen LogP contribution is 2.29. The summed E-state index contributed by atoms with van der Waals surface area (Å²) in [6.07, 6.45) is 0.760. The fourth-order valence-electron chi connectivity index (χ4n) is 4.63. The van der Waals surface area contributed by atoms with Gasteiger partial charge in [0.15, 0.2) is 11.6 Å². The summed E-state index contributed by atoms with van der Waals surface area (Å²) >= 11 is 0. The predicted molar refractivity (Wildman–Crippen MR) is 144 cm³/mol. The van der Waals surface area contributed by atoms with Gasteiger partial charge in [-0.15, -0.1) is 5.10 Å². The first-order valence-electron chi connectivity index (χ1n) is 12.4. The number of carboxylic acid groups (broad SMARTS) is 1. The second kappa shape index (κ2) is 9.69. The van der Waals surface area contributed by atoms with E-state index in [-0.39, 0.29) is 5.91 Å². The maximum Gasteiger partial charge on any atom is 0.412 e. The van der Waals surface area contributed by atoms with E-state index >= 15 is 0 Å². The van der Waals surface area contributed by atoms with Gasteiger partial charge in [0, 0.05) is 49.7 Å². The average molecular weight is 518 g/mol. The second-order valence-electron chi connectivity index (χ2n) is 10.2. The molecule has 0 spiro atoms. The van der Waals surface area contributed by atoms with Crippen LogP contribution in [-0.4, -0.2) is 78.5 Å². The van der Waals surface area contributed by atoms with Crippen LogP contribution < -0.4 is 15.1 Å². The van der Waals surface area contributed by atoms with Crippen LogP contribution in [0.4, 0.5) is 28.1 Å². The summed E-state index contributed by atoms with van der Waals surface area (Å²) in [5.74, 6) is 1.64. The van der Waals surface area contributed by atoms with Crippen molar-refractivity contribution < 1.29 is 14.7 Å². The molecule has 4 heterocycles. The van der Waals surface area contributed by atoms with Gasteiger partial charge in [-0.2, -0.15) is 10.1 Å². The summed E-state index contributed by atoms with van der Waals surface area (Å²) in [5, 5.41) is 25.0. The third-order valence-electron chi connectivity index (χ3n) is 6.42. The van der Waals surface area contributed by atoms with Gasteiger partial charge in [0.25, 0.3) is 5.91 Å². The van der Waals surface area contributed by atoms with Crippen molar-refractivity contribution >= 4 is 40.8 Å². The van der Waals surface area contributed by atoms with Gasteiger partial charge < -0.3 is 20.2 Å². The number of para-hydroxylation sites is 1. The zero-order chi connectivity index (χ0) is 27.0. The minimum atomic E-state index is -1.10. The molecular weight excluding hydrogens is 486 g/mol. The number of H-pyrrole nitrogens is 1. The number of carbonyl (C=O) groups is 2. The topological polar surface area (TPSA) is 135 Å². The number of nitrogens with one attached hydrogen (secondary N) is 2. The molecule has 12 heteroatoms. The number of carbonyl (C=O) groups excluding carboxylic acids is 1. The monoisotopic (exact) mass is 517 g/mol. The van der Waals surface area contributed by atoms with Crippen molar-refractivity contribution in [2.24, 2.45) is 0 Å². The highest BCUT2D eigenvalue weighted by molar-refractivity contribution is 6.03. The third-order valence-corrected chi connectivity index (χ3v) is 6.42. The molecule has 3 aromatic heterocycles. The lowest BCUT2D eigenvalue weighted by molar-refractivity contribution is 0.0746. The Labute approximate surface area is 219 Å². The summed E-state index contributed by atoms with van der Waals surface area (Å²) < 4.78 is 1.77. The lowest BCUT2D eigenvalue weighted by Gasteiger charge is -2.37. The van der Waals surface area contributed by atoms with Crippen molar-refractivity contribution in [2.75, 3.05) is 41.3 Å². The van der Waals surface area contributed by atoms with Gasteiger partial charge in [0.05, 0.1) is 11.3 Å². The van der Waals surface area contributed by atoms with Gasteiger partial charge in [-0.1, -0.05) is 12.1 Å². The number of benzene rings is 1. The van der Waals surface area contributed by atoms with E-state index in [1.54, 1.807) is 54.5 Å². The molecule has 1 aliphatic heterocycles. The van der Waals surface area contributed by atoms with E-state index in [1.165, 1.54) is 4.90 Å². The van der Waals surface area contributed by atoms with E-state index in [0.717, 1.165) is 11.2 Å².